The number of aromatic nitrogens is 2. The second-order valence-electron chi connectivity index (χ2n) is 3.31. The zero-order chi connectivity index (χ0) is 12.1. The van der Waals surface area contributed by atoms with Crippen LogP contribution in [0.4, 0.5) is 11.5 Å². The molecule has 0 amide bonds. The molecular formula is C12H12ClN3O. The van der Waals surface area contributed by atoms with Gasteiger partial charge in [0, 0.05) is 11.8 Å². The zero-order valence-corrected chi connectivity index (χ0v) is 10.1. The summed E-state index contributed by atoms with van der Waals surface area (Å²) in [6.07, 6.45) is 3.10. The topological polar surface area (TPSA) is 47.0 Å². The van der Waals surface area contributed by atoms with E-state index in [-0.39, 0.29) is 0 Å². The first-order chi connectivity index (χ1) is 8.28. The van der Waals surface area contributed by atoms with Crippen molar-refractivity contribution in [2.45, 2.75) is 6.92 Å². The first-order valence-electron chi connectivity index (χ1n) is 5.25. The number of nitrogens with zero attached hydrogens (tertiary/aromatic N) is 2. The molecule has 1 N–H and O–H groups in total. The Morgan fingerprint density at radius 1 is 1.35 bits per heavy atom. The van der Waals surface area contributed by atoms with Crippen LogP contribution in [0.2, 0.25) is 5.15 Å². The highest BCUT2D eigenvalue weighted by molar-refractivity contribution is 6.29. The van der Waals surface area contributed by atoms with Gasteiger partial charge in [0.05, 0.1) is 19.0 Å². The molecule has 0 bridgehead atoms. The van der Waals surface area contributed by atoms with E-state index in [1.807, 2.05) is 31.2 Å². The van der Waals surface area contributed by atoms with E-state index in [0.29, 0.717) is 17.6 Å². The Kier molecular flexibility index (Phi) is 3.77. The second-order valence-corrected chi connectivity index (χ2v) is 3.70. The average Bonchev–Trinajstić information content (AvgIpc) is 2.30. The van der Waals surface area contributed by atoms with Crippen molar-refractivity contribution < 1.29 is 4.74 Å². The summed E-state index contributed by atoms with van der Waals surface area (Å²) in [5, 5.41) is 3.46. The van der Waals surface area contributed by atoms with E-state index in [0.717, 1.165) is 11.4 Å². The standard InChI is InChI=1S/C12H12ClN3O/c1-2-17-10-5-3-4-9(6-10)15-12-8-14-7-11(13)16-12/h3-8H,2H2,1H3,(H,15,16). The number of nitrogens with one attached hydrogen (secondary N) is 1. The quantitative estimate of drug-likeness (QED) is 0.903. The van der Waals surface area contributed by atoms with Gasteiger partial charge in [0.15, 0.2) is 5.82 Å². The molecule has 0 saturated carbocycles. The first-order valence-corrected chi connectivity index (χ1v) is 5.63. The molecule has 2 aromatic rings. The maximum absolute atomic E-state index is 5.75. The lowest BCUT2D eigenvalue weighted by molar-refractivity contribution is 0.340. The monoisotopic (exact) mass is 249 g/mol. The van der Waals surface area contributed by atoms with Gasteiger partial charge in [-0.3, -0.25) is 4.98 Å². The van der Waals surface area contributed by atoms with Gasteiger partial charge in [-0.25, -0.2) is 4.98 Å². The van der Waals surface area contributed by atoms with Crippen LogP contribution in [0, 0.1) is 0 Å². The number of halogens is 1. The van der Waals surface area contributed by atoms with Gasteiger partial charge in [-0.15, -0.1) is 0 Å². The third kappa shape index (κ3) is 3.32. The summed E-state index contributed by atoms with van der Waals surface area (Å²) in [5.74, 6) is 1.42. The summed E-state index contributed by atoms with van der Waals surface area (Å²) >= 11 is 5.75. The van der Waals surface area contributed by atoms with Crippen molar-refractivity contribution in [3.05, 3.63) is 41.8 Å². The molecule has 0 radical (unpaired) electrons. The summed E-state index contributed by atoms with van der Waals surface area (Å²) in [6.45, 7) is 2.59. The van der Waals surface area contributed by atoms with Crippen LogP contribution in [0.3, 0.4) is 0 Å². The van der Waals surface area contributed by atoms with Crippen molar-refractivity contribution in [2.75, 3.05) is 11.9 Å². The lowest BCUT2D eigenvalue weighted by Crippen LogP contribution is -1.96. The van der Waals surface area contributed by atoms with E-state index in [1.54, 1.807) is 6.20 Å². The number of hydrogen-bond donors (Lipinski definition) is 1. The summed E-state index contributed by atoms with van der Waals surface area (Å²) in [4.78, 5) is 8.05. The van der Waals surface area contributed by atoms with Crippen LogP contribution >= 0.6 is 11.6 Å². The largest absolute Gasteiger partial charge is 0.494 e. The fraction of sp³-hybridized carbons (Fsp3) is 0.167. The molecule has 1 heterocycles. The average molecular weight is 250 g/mol. The molecule has 88 valence electrons. The molecule has 2 rings (SSSR count). The molecule has 4 nitrogen and oxygen atoms in total. The number of anilines is 2. The van der Waals surface area contributed by atoms with Crippen molar-refractivity contribution in [3.63, 3.8) is 0 Å². The predicted molar refractivity (Wildman–Crippen MR) is 67.9 cm³/mol. The van der Waals surface area contributed by atoms with Gasteiger partial charge in [0.1, 0.15) is 10.9 Å². The van der Waals surface area contributed by atoms with Crippen LogP contribution in [0.25, 0.3) is 0 Å². The van der Waals surface area contributed by atoms with Crippen LogP contribution in [0.5, 0.6) is 5.75 Å². The van der Waals surface area contributed by atoms with E-state index in [9.17, 15) is 0 Å². The Labute approximate surface area is 105 Å². The van der Waals surface area contributed by atoms with Crippen molar-refractivity contribution >= 4 is 23.1 Å². The lowest BCUT2D eigenvalue weighted by atomic mass is 10.3. The lowest BCUT2D eigenvalue weighted by Gasteiger charge is -2.07. The highest BCUT2D eigenvalue weighted by Gasteiger charge is 1.99. The molecular weight excluding hydrogens is 238 g/mol. The molecule has 0 fully saturated rings. The Balaban J connectivity index is 2.15. The highest BCUT2D eigenvalue weighted by Crippen LogP contribution is 2.20. The minimum Gasteiger partial charge on any atom is -0.494 e. The molecule has 1 aromatic heterocycles. The molecule has 0 saturated heterocycles. The fourth-order valence-corrected chi connectivity index (χ4v) is 1.53. The van der Waals surface area contributed by atoms with Gasteiger partial charge in [-0.1, -0.05) is 17.7 Å². The van der Waals surface area contributed by atoms with Gasteiger partial charge in [0.25, 0.3) is 0 Å². The van der Waals surface area contributed by atoms with E-state index in [2.05, 4.69) is 15.3 Å². The first kappa shape index (κ1) is 11.7. The van der Waals surface area contributed by atoms with Crippen LogP contribution in [-0.4, -0.2) is 16.6 Å². The zero-order valence-electron chi connectivity index (χ0n) is 9.35. The van der Waals surface area contributed by atoms with Crippen LogP contribution in [0.15, 0.2) is 36.7 Å². The molecule has 0 spiro atoms. The molecule has 0 unspecified atom stereocenters. The summed E-state index contributed by atoms with van der Waals surface area (Å²) < 4.78 is 5.41. The normalized spacial score (nSPS) is 10.0. The molecule has 5 heteroatoms. The van der Waals surface area contributed by atoms with Gasteiger partial charge in [-0.05, 0) is 19.1 Å². The minimum absolute atomic E-state index is 0.357. The van der Waals surface area contributed by atoms with Gasteiger partial charge in [0.2, 0.25) is 0 Å². The third-order valence-electron chi connectivity index (χ3n) is 2.02. The second kappa shape index (κ2) is 5.50. The van der Waals surface area contributed by atoms with Crippen molar-refractivity contribution in [2.24, 2.45) is 0 Å². The smallest absolute Gasteiger partial charge is 0.150 e. The molecule has 0 aliphatic heterocycles. The van der Waals surface area contributed by atoms with Gasteiger partial charge < -0.3 is 10.1 Å². The number of hydrogen-bond acceptors (Lipinski definition) is 4. The SMILES string of the molecule is CCOc1cccc(Nc2cncc(Cl)n2)c1. The maximum atomic E-state index is 5.75. The Bertz CT molecular complexity index is 505. The van der Waals surface area contributed by atoms with E-state index in [1.165, 1.54) is 6.20 Å². The van der Waals surface area contributed by atoms with Crippen molar-refractivity contribution in [1.29, 1.82) is 0 Å². The Hall–Kier alpha value is -1.81. The Morgan fingerprint density at radius 3 is 3.00 bits per heavy atom. The number of ether oxygens (including phenoxy) is 1. The number of benzene rings is 1. The summed E-state index contributed by atoms with van der Waals surface area (Å²) in [5.41, 5.74) is 0.882. The minimum atomic E-state index is 0.357. The van der Waals surface area contributed by atoms with Crippen LogP contribution in [-0.2, 0) is 0 Å². The maximum Gasteiger partial charge on any atom is 0.150 e. The van der Waals surface area contributed by atoms with E-state index < -0.39 is 0 Å². The highest BCUT2D eigenvalue weighted by atomic mass is 35.5. The molecule has 0 aliphatic rings. The van der Waals surface area contributed by atoms with E-state index >= 15 is 0 Å². The molecule has 1 aromatic carbocycles. The molecule has 0 atom stereocenters. The molecule has 17 heavy (non-hydrogen) atoms. The van der Waals surface area contributed by atoms with Gasteiger partial charge in [-0.2, -0.15) is 0 Å². The number of rotatable bonds is 4. The summed E-state index contributed by atoms with van der Waals surface area (Å²) in [6, 6.07) is 7.63. The van der Waals surface area contributed by atoms with Crippen molar-refractivity contribution in [1.82, 2.24) is 9.97 Å². The third-order valence-corrected chi connectivity index (χ3v) is 2.20. The molecule has 0 aliphatic carbocycles. The van der Waals surface area contributed by atoms with Crippen molar-refractivity contribution in [3.8, 4) is 5.75 Å². The van der Waals surface area contributed by atoms with Gasteiger partial charge >= 0.3 is 0 Å². The Morgan fingerprint density at radius 2 is 2.24 bits per heavy atom. The fourth-order valence-electron chi connectivity index (χ4n) is 1.38. The summed E-state index contributed by atoms with van der Waals surface area (Å²) in [7, 11) is 0. The van der Waals surface area contributed by atoms with E-state index in [4.69, 9.17) is 16.3 Å². The van der Waals surface area contributed by atoms with Crippen LogP contribution in [0.1, 0.15) is 6.92 Å². The van der Waals surface area contributed by atoms with Crippen LogP contribution < -0.4 is 10.1 Å². The predicted octanol–water partition coefficient (Wildman–Crippen LogP) is 3.27.